The number of amides is 2. The van der Waals surface area contributed by atoms with E-state index in [1.54, 1.807) is 18.3 Å². The molecule has 7 nitrogen and oxygen atoms in total. The van der Waals surface area contributed by atoms with Crippen LogP contribution in [0.2, 0.25) is 0 Å². The van der Waals surface area contributed by atoms with Crippen LogP contribution < -0.4 is 15.4 Å². The number of rotatable bonds is 8. The van der Waals surface area contributed by atoms with Gasteiger partial charge in [-0.05, 0) is 64.0 Å². The molecule has 9 heteroatoms. The quantitative estimate of drug-likeness (QED) is 0.310. The zero-order valence-corrected chi connectivity index (χ0v) is 22.4. The number of pyridine rings is 1. The van der Waals surface area contributed by atoms with Gasteiger partial charge in [0, 0.05) is 48.2 Å². The minimum atomic E-state index is -0.567. The van der Waals surface area contributed by atoms with Crippen LogP contribution in [0.15, 0.2) is 70.8 Å². The first-order chi connectivity index (χ1) is 18.4. The van der Waals surface area contributed by atoms with Crippen molar-refractivity contribution in [3.63, 3.8) is 0 Å². The molecular formula is C29H30FN5O2S. The van der Waals surface area contributed by atoms with Crippen LogP contribution >= 0.6 is 11.3 Å². The lowest BCUT2D eigenvalue weighted by molar-refractivity contribution is 0.251. The molecule has 1 saturated carbocycles. The summed E-state index contributed by atoms with van der Waals surface area (Å²) in [7, 11) is 0. The summed E-state index contributed by atoms with van der Waals surface area (Å²) in [6.45, 7) is 6.78. The van der Waals surface area contributed by atoms with E-state index in [1.165, 1.54) is 23.5 Å². The van der Waals surface area contributed by atoms with E-state index in [9.17, 15) is 9.18 Å². The number of carbonyl (C=O) groups excluding carboxylic acids is 1. The Morgan fingerprint density at radius 1 is 1.26 bits per heavy atom. The number of thiophene rings is 1. The van der Waals surface area contributed by atoms with Gasteiger partial charge >= 0.3 is 6.03 Å². The van der Waals surface area contributed by atoms with Crippen LogP contribution in [-0.2, 0) is 0 Å². The van der Waals surface area contributed by atoms with E-state index in [2.05, 4.69) is 33.6 Å². The van der Waals surface area contributed by atoms with Gasteiger partial charge in [0.25, 0.3) is 0 Å². The molecule has 2 aliphatic rings. The number of hydrogen-bond donors (Lipinski definition) is 2. The molecule has 2 atom stereocenters. The average molecular weight is 532 g/mol. The Kier molecular flexibility index (Phi) is 7.64. The van der Waals surface area contributed by atoms with Crippen LogP contribution in [-0.4, -0.2) is 41.1 Å². The molecule has 196 valence electrons. The van der Waals surface area contributed by atoms with Crippen molar-refractivity contribution in [2.75, 3.05) is 11.9 Å². The molecular weight excluding hydrogens is 501 g/mol. The van der Waals surface area contributed by atoms with E-state index in [4.69, 9.17) is 9.73 Å². The number of hydrogen-bond acceptors (Lipinski definition) is 6. The highest BCUT2D eigenvalue weighted by atomic mass is 32.1. The van der Waals surface area contributed by atoms with Crippen molar-refractivity contribution in [2.24, 2.45) is 15.9 Å². The number of carbonyl (C=O) groups is 1. The molecule has 0 radical (unpaired) electrons. The van der Waals surface area contributed by atoms with Gasteiger partial charge in [-0.25, -0.2) is 9.18 Å². The number of benzene rings is 1. The first-order valence-electron chi connectivity index (χ1n) is 12.7. The Morgan fingerprint density at radius 3 is 2.84 bits per heavy atom. The van der Waals surface area contributed by atoms with Crippen molar-refractivity contribution in [1.29, 1.82) is 0 Å². The summed E-state index contributed by atoms with van der Waals surface area (Å²) in [4.78, 5) is 27.0. The topological polar surface area (TPSA) is 88.0 Å². The van der Waals surface area contributed by atoms with Gasteiger partial charge in [0.05, 0.1) is 26.8 Å². The molecule has 1 aliphatic heterocycles. The van der Waals surface area contributed by atoms with Crippen LogP contribution in [0.4, 0.5) is 14.9 Å². The molecule has 2 N–H and O–H groups in total. The highest BCUT2D eigenvalue weighted by molar-refractivity contribution is 7.21. The summed E-state index contributed by atoms with van der Waals surface area (Å²) < 4.78 is 21.6. The molecule has 0 saturated heterocycles. The molecule has 1 fully saturated rings. The Hall–Kier alpha value is -3.85. The monoisotopic (exact) mass is 531 g/mol. The number of fused-ring (bicyclic) bond motifs is 1. The van der Waals surface area contributed by atoms with E-state index in [1.807, 2.05) is 38.1 Å². The van der Waals surface area contributed by atoms with Gasteiger partial charge in [0.1, 0.15) is 5.75 Å². The summed E-state index contributed by atoms with van der Waals surface area (Å²) in [5.41, 5.74) is 3.02. The number of halogens is 1. The Balaban J connectivity index is 1.30. The van der Waals surface area contributed by atoms with E-state index in [0.29, 0.717) is 18.0 Å². The van der Waals surface area contributed by atoms with Gasteiger partial charge in [-0.1, -0.05) is 12.2 Å². The standard InChI is InChI=1S/C29H30FN5O2S/c1-4-5-17(2)32-16-19-6-10-23(33-18(19)3)27-15-24-28(38-27)26(12-13-31-24)37-25-11-9-21(14-22(25)30)35-29(36)34-20-7-8-20/h4-6,9-15,18-20H,7-8,16H2,1-3H3,(H2,34,35,36)/b5-4-,32-17?. The maximum atomic E-state index is 14.8. The summed E-state index contributed by atoms with van der Waals surface area (Å²) >= 11 is 1.51. The van der Waals surface area contributed by atoms with E-state index in [-0.39, 0.29) is 29.8 Å². The maximum absolute atomic E-state index is 14.8. The van der Waals surface area contributed by atoms with Crippen molar-refractivity contribution in [3.8, 4) is 11.5 Å². The number of allylic oxidation sites excluding steroid dienone is 3. The van der Waals surface area contributed by atoms with Crippen molar-refractivity contribution in [3.05, 3.63) is 71.5 Å². The third-order valence-corrected chi connectivity index (χ3v) is 7.53. The van der Waals surface area contributed by atoms with Crippen LogP contribution in [0.25, 0.3) is 10.2 Å². The van der Waals surface area contributed by atoms with Crippen LogP contribution in [0.5, 0.6) is 11.5 Å². The molecule has 5 rings (SSSR count). The predicted octanol–water partition coefficient (Wildman–Crippen LogP) is 6.91. The number of aliphatic imine (C=N–C) groups is 2. The first kappa shape index (κ1) is 25.8. The van der Waals surface area contributed by atoms with E-state index < -0.39 is 5.82 Å². The molecule has 3 heterocycles. The zero-order chi connectivity index (χ0) is 26.6. The van der Waals surface area contributed by atoms with Crippen molar-refractivity contribution in [1.82, 2.24) is 10.3 Å². The fourth-order valence-corrected chi connectivity index (χ4v) is 5.16. The van der Waals surface area contributed by atoms with Gasteiger partial charge in [-0.15, -0.1) is 11.3 Å². The van der Waals surface area contributed by atoms with Gasteiger partial charge in [0.2, 0.25) is 0 Å². The molecule has 2 amide bonds. The third-order valence-electron chi connectivity index (χ3n) is 6.37. The molecule has 3 aromatic rings. The number of ether oxygens (including phenoxy) is 1. The normalized spacial score (nSPS) is 19.6. The van der Waals surface area contributed by atoms with Gasteiger partial charge in [0.15, 0.2) is 11.6 Å². The second-order valence-corrected chi connectivity index (χ2v) is 10.6. The Morgan fingerprint density at radius 2 is 2.11 bits per heavy atom. The number of dihydropyridines is 1. The Bertz CT molecular complexity index is 1470. The largest absolute Gasteiger partial charge is 0.453 e. The fourth-order valence-electron chi connectivity index (χ4n) is 4.12. The first-order valence-corrected chi connectivity index (χ1v) is 13.5. The number of nitrogens with zero attached hydrogens (tertiary/aromatic N) is 3. The second-order valence-electron chi connectivity index (χ2n) is 9.51. The summed E-state index contributed by atoms with van der Waals surface area (Å²) in [5.74, 6) is 0.256. The van der Waals surface area contributed by atoms with E-state index in [0.717, 1.165) is 39.4 Å². The molecule has 0 bridgehead atoms. The molecule has 1 aromatic carbocycles. The van der Waals surface area contributed by atoms with Crippen LogP contribution in [0, 0.1) is 11.7 Å². The number of aromatic nitrogens is 1. The summed E-state index contributed by atoms with van der Waals surface area (Å²) in [5, 5.41) is 5.47. The van der Waals surface area contributed by atoms with Gasteiger partial charge < -0.3 is 15.4 Å². The lowest BCUT2D eigenvalue weighted by atomic mass is 9.97. The SMILES string of the molecule is C/C=C\C(C)=NCC1C=CC(c2cc3nccc(Oc4ccc(NC(=O)NC5CC5)cc4F)c3s2)=NC1C. The average Bonchev–Trinajstić information content (AvgIpc) is 3.58. The van der Waals surface area contributed by atoms with Crippen molar-refractivity contribution in [2.45, 2.75) is 45.7 Å². The minimum absolute atomic E-state index is 0.0701. The fraction of sp³-hybridized carbons (Fsp3) is 0.310. The van der Waals surface area contributed by atoms with Gasteiger partial charge in [-0.2, -0.15) is 0 Å². The smallest absolute Gasteiger partial charge is 0.319 e. The summed E-state index contributed by atoms with van der Waals surface area (Å²) in [6, 6.07) is 8.07. The number of urea groups is 1. The second kappa shape index (κ2) is 11.3. The zero-order valence-electron chi connectivity index (χ0n) is 21.6. The third kappa shape index (κ3) is 6.16. The lowest BCUT2D eigenvalue weighted by Gasteiger charge is -2.20. The number of anilines is 1. The van der Waals surface area contributed by atoms with E-state index >= 15 is 0 Å². The van der Waals surface area contributed by atoms with Crippen LogP contribution in [0.3, 0.4) is 0 Å². The molecule has 2 aromatic heterocycles. The van der Waals surface area contributed by atoms with Crippen molar-refractivity contribution >= 4 is 44.7 Å². The molecule has 0 spiro atoms. The molecule has 1 aliphatic carbocycles. The lowest BCUT2D eigenvalue weighted by Crippen LogP contribution is -2.30. The molecule has 2 unspecified atom stereocenters. The summed E-state index contributed by atoms with van der Waals surface area (Å²) in [6.07, 6.45) is 11.8. The highest BCUT2D eigenvalue weighted by Crippen LogP contribution is 2.37. The predicted molar refractivity (Wildman–Crippen MR) is 153 cm³/mol. The number of nitrogens with one attached hydrogen (secondary N) is 2. The minimum Gasteiger partial charge on any atom is -0.453 e. The highest BCUT2D eigenvalue weighted by Gasteiger charge is 2.23. The molecule has 38 heavy (non-hydrogen) atoms. The van der Waals surface area contributed by atoms with Crippen molar-refractivity contribution < 1.29 is 13.9 Å². The van der Waals surface area contributed by atoms with Crippen LogP contribution in [0.1, 0.15) is 38.5 Å². The van der Waals surface area contributed by atoms with Gasteiger partial charge in [-0.3, -0.25) is 15.0 Å². The maximum Gasteiger partial charge on any atom is 0.319 e. The Labute approximate surface area is 225 Å².